The quantitative estimate of drug-likeness (QED) is 0.276. The smallest absolute Gasteiger partial charge is 0.410 e. The van der Waals surface area contributed by atoms with Crippen LogP contribution in [-0.2, 0) is 25.7 Å². The van der Waals surface area contributed by atoms with Crippen molar-refractivity contribution in [2.75, 3.05) is 26.8 Å². The normalized spacial score (nSPS) is 12.0. The number of nitrogens with zero attached hydrogens (tertiary/aromatic N) is 4. The lowest BCUT2D eigenvalue weighted by Gasteiger charge is -2.24. The molecule has 38 heavy (non-hydrogen) atoms. The Balaban J connectivity index is 0.00000722. The third kappa shape index (κ3) is 10.3. The van der Waals surface area contributed by atoms with Crippen LogP contribution >= 0.6 is 0 Å². The summed E-state index contributed by atoms with van der Waals surface area (Å²) < 4.78 is 13.0. The van der Waals surface area contributed by atoms with E-state index in [1.54, 1.807) is 36.4 Å². The summed E-state index contributed by atoms with van der Waals surface area (Å²) in [6, 6.07) is 4.63. The Morgan fingerprint density at radius 3 is 2.47 bits per heavy atom. The lowest BCUT2D eigenvalue weighted by atomic mass is 10.1. The van der Waals surface area contributed by atoms with Gasteiger partial charge in [-0.25, -0.2) is 4.79 Å². The third-order valence-corrected chi connectivity index (χ3v) is 5.71. The molecule has 2 heterocycles. The van der Waals surface area contributed by atoms with Crippen molar-refractivity contribution in [1.29, 1.82) is 0 Å². The molecule has 2 aromatic heterocycles. The number of aromatic nitrogens is 3. The highest BCUT2D eigenvalue weighted by molar-refractivity contribution is 5.85. The van der Waals surface area contributed by atoms with E-state index in [9.17, 15) is 14.4 Å². The number of hydrogen-bond donors (Lipinski definition) is 3. The van der Waals surface area contributed by atoms with Crippen LogP contribution in [0.25, 0.3) is 5.65 Å². The van der Waals surface area contributed by atoms with Gasteiger partial charge in [0.1, 0.15) is 19.2 Å². The predicted molar refractivity (Wildman–Crippen MR) is 145 cm³/mol. The van der Waals surface area contributed by atoms with Crippen molar-refractivity contribution >= 4 is 23.6 Å². The first kappa shape index (κ1) is 32.8. The monoisotopic (exact) mass is 535 g/mol. The third-order valence-electron chi connectivity index (χ3n) is 5.71. The van der Waals surface area contributed by atoms with Gasteiger partial charge in [-0.15, -0.1) is 10.2 Å². The van der Waals surface area contributed by atoms with E-state index in [0.29, 0.717) is 23.8 Å². The largest absolute Gasteiger partial charge is 0.443 e. The Bertz CT molecular complexity index is 1030. The second kappa shape index (κ2) is 15.9. The van der Waals surface area contributed by atoms with Crippen LogP contribution in [0.2, 0.25) is 0 Å². The van der Waals surface area contributed by atoms with E-state index in [1.165, 1.54) is 32.7 Å². The molecule has 2 rings (SSSR count). The maximum Gasteiger partial charge on any atom is 0.410 e. The Hall–Kier alpha value is -3.25. The van der Waals surface area contributed by atoms with Crippen LogP contribution < -0.4 is 16.8 Å². The van der Waals surface area contributed by atoms with E-state index < -0.39 is 23.6 Å². The second-order valence-corrected chi connectivity index (χ2v) is 9.74. The highest BCUT2D eigenvalue weighted by Gasteiger charge is 2.28. The van der Waals surface area contributed by atoms with Crippen molar-refractivity contribution in [3.05, 3.63) is 29.7 Å². The molecule has 2 aromatic rings. The van der Waals surface area contributed by atoms with Crippen LogP contribution in [0.3, 0.4) is 0 Å². The fraction of sp³-hybridized carbons (Fsp3) is 0.654. The number of carbonyl (C=O) groups is 3. The molecule has 0 unspecified atom stereocenters. The number of carbonyl (C=O) groups excluding carboxylic acids is 3. The summed E-state index contributed by atoms with van der Waals surface area (Å²) in [7, 11) is 1.42. The van der Waals surface area contributed by atoms with Crippen molar-refractivity contribution in [3.63, 3.8) is 0 Å². The van der Waals surface area contributed by atoms with Crippen molar-refractivity contribution in [2.24, 2.45) is 11.5 Å². The molecule has 3 amide bonds. The van der Waals surface area contributed by atoms with Gasteiger partial charge in [0.25, 0.3) is 0 Å². The van der Waals surface area contributed by atoms with Gasteiger partial charge in [0, 0.05) is 13.7 Å². The number of pyridine rings is 1. The molecule has 1 atom stereocenters. The standard InChI is InChI=1S/C25H41N7O5.CH4/c1-5-6-7-8-9-10-14-36-17-19(28-23(34)25(2,3)27)22-30-29-21-13-11-12-18(32(21)22)16-37-24(35)31(4)15-20(26)33;/h11-13,19H,5-10,14-17,27H2,1-4H3,(H2,26,33)(H,28,34);1H4/t19-;/m1./s1. The molecule has 0 bridgehead atoms. The lowest BCUT2D eigenvalue weighted by Crippen LogP contribution is -2.51. The Kier molecular flexibility index (Phi) is 13.7. The van der Waals surface area contributed by atoms with E-state index >= 15 is 0 Å². The molecule has 0 saturated heterocycles. The van der Waals surface area contributed by atoms with Crippen LogP contribution in [0.1, 0.15) is 84.3 Å². The van der Waals surface area contributed by atoms with E-state index in [0.717, 1.165) is 17.7 Å². The van der Waals surface area contributed by atoms with Gasteiger partial charge >= 0.3 is 6.09 Å². The molecule has 5 N–H and O–H groups in total. The Labute approximate surface area is 225 Å². The first-order chi connectivity index (χ1) is 17.5. The van der Waals surface area contributed by atoms with Crippen molar-refractivity contribution in [1.82, 2.24) is 24.8 Å². The van der Waals surface area contributed by atoms with Crippen LogP contribution in [0.15, 0.2) is 18.2 Å². The molecule has 12 nitrogen and oxygen atoms in total. The van der Waals surface area contributed by atoms with E-state index in [2.05, 4.69) is 22.4 Å². The fourth-order valence-electron chi connectivity index (χ4n) is 3.62. The SMILES string of the molecule is C.CCCCCCCCOC[C@@H](NC(=O)C(C)(C)N)c1nnc2cccc(COC(=O)N(C)CC(N)=O)n12. The summed E-state index contributed by atoms with van der Waals surface area (Å²) in [4.78, 5) is 37.2. The van der Waals surface area contributed by atoms with Crippen molar-refractivity contribution in [2.45, 2.75) is 84.9 Å². The molecule has 0 aliphatic heterocycles. The van der Waals surface area contributed by atoms with Gasteiger partial charge in [-0.1, -0.05) is 52.5 Å². The number of primary amides is 1. The van der Waals surface area contributed by atoms with Crippen LogP contribution in [0, 0.1) is 0 Å². The number of ether oxygens (including phenoxy) is 2. The van der Waals surface area contributed by atoms with E-state index in [1.807, 2.05) is 0 Å². The van der Waals surface area contributed by atoms with Crippen molar-refractivity contribution in [3.8, 4) is 0 Å². The number of likely N-dealkylation sites (N-methyl/N-ethyl adjacent to an activating group) is 1. The first-order valence-corrected chi connectivity index (χ1v) is 12.7. The molecule has 0 fully saturated rings. The average molecular weight is 536 g/mol. The highest BCUT2D eigenvalue weighted by Crippen LogP contribution is 2.18. The number of nitrogens with one attached hydrogen (secondary N) is 1. The van der Waals surface area contributed by atoms with Crippen LogP contribution in [0.5, 0.6) is 0 Å². The number of amides is 3. The van der Waals surface area contributed by atoms with E-state index in [4.69, 9.17) is 20.9 Å². The minimum absolute atomic E-state index is 0. The van der Waals surface area contributed by atoms with Gasteiger partial charge in [0.2, 0.25) is 11.8 Å². The minimum atomic E-state index is -1.11. The van der Waals surface area contributed by atoms with Crippen LogP contribution in [0.4, 0.5) is 4.79 Å². The molecule has 214 valence electrons. The number of nitrogens with two attached hydrogens (primary N) is 2. The molecule has 0 saturated carbocycles. The van der Waals surface area contributed by atoms with Gasteiger partial charge in [0.15, 0.2) is 11.5 Å². The maximum atomic E-state index is 12.7. The number of rotatable bonds is 16. The Morgan fingerprint density at radius 2 is 1.82 bits per heavy atom. The molecule has 0 aliphatic carbocycles. The summed E-state index contributed by atoms with van der Waals surface area (Å²) in [5.41, 5.74) is 11.1. The van der Waals surface area contributed by atoms with E-state index in [-0.39, 0.29) is 33.1 Å². The summed E-state index contributed by atoms with van der Waals surface area (Å²) in [5.74, 6) is -0.591. The Morgan fingerprint density at radius 1 is 1.13 bits per heavy atom. The molecule has 0 radical (unpaired) electrons. The zero-order valence-corrected chi connectivity index (χ0v) is 22.4. The summed E-state index contributed by atoms with van der Waals surface area (Å²) in [6.07, 6.45) is 6.13. The summed E-state index contributed by atoms with van der Waals surface area (Å²) >= 11 is 0. The molecule has 0 aliphatic rings. The van der Waals surface area contributed by atoms with Crippen LogP contribution in [-0.4, -0.2) is 69.8 Å². The fourth-order valence-corrected chi connectivity index (χ4v) is 3.62. The first-order valence-electron chi connectivity index (χ1n) is 12.7. The molecule has 12 heteroatoms. The molecule has 0 spiro atoms. The average Bonchev–Trinajstić information content (AvgIpc) is 3.27. The number of hydrogen-bond acceptors (Lipinski definition) is 8. The number of fused-ring (bicyclic) bond motifs is 1. The predicted octanol–water partition coefficient (Wildman–Crippen LogP) is 2.69. The summed E-state index contributed by atoms with van der Waals surface area (Å²) in [6.45, 7) is 5.76. The molecule has 0 aromatic carbocycles. The molecular weight excluding hydrogens is 490 g/mol. The second-order valence-electron chi connectivity index (χ2n) is 9.74. The van der Waals surface area contributed by atoms with Gasteiger partial charge in [-0.3, -0.25) is 14.0 Å². The number of unbranched alkanes of at least 4 members (excludes halogenated alkanes) is 5. The van der Waals surface area contributed by atoms with Crippen molar-refractivity contribution < 1.29 is 23.9 Å². The maximum absolute atomic E-state index is 12.7. The minimum Gasteiger partial charge on any atom is -0.443 e. The lowest BCUT2D eigenvalue weighted by molar-refractivity contribution is -0.126. The van der Waals surface area contributed by atoms with Gasteiger partial charge in [-0.2, -0.15) is 0 Å². The topological polar surface area (TPSA) is 167 Å². The zero-order chi connectivity index (χ0) is 27.4. The van der Waals surface area contributed by atoms with Gasteiger partial charge < -0.3 is 31.2 Å². The van der Waals surface area contributed by atoms with Gasteiger partial charge in [0.05, 0.1) is 17.8 Å². The zero-order valence-electron chi connectivity index (χ0n) is 22.4. The van der Waals surface area contributed by atoms with Gasteiger partial charge in [-0.05, 0) is 32.4 Å². The molecular formula is C26H45N7O5. The highest BCUT2D eigenvalue weighted by atomic mass is 16.6. The summed E-state index contributed by atoms with van der Waals surface area (Å²) in [5, 5.41) is 11.4.